The van der Waals surface area contributed by atoms with E-state index in [0.717, 1.165) is 11.4 Å². The number of nitrogens with one attached hydrogen (secondary N) is 1. The van der Waals surface area contributed by atoms with Crippen LogP contribution in [0.3, 0.4) is 0 Å². The molecular weight excluding hydrogens is 298 g/mol. The van der Waals surface area contributed by atoms with Crippen LogP contribution in [0.25, 0.3) is 0 Å². The summed E-state index contributed by atoms with van der Waals surface area (Å²) in [6, 6.07) is -1.30. The Bertz CT molecular complexity index is 506. The largest absolute Gasteiger partial charge is 0.480 e. The summed E-state index contributed by atoms with van der Waals surface area (Å²) in [4.78, 5) is 30.0. The second kappa shape index (κ2) is 6.45. The van der Waals surface area contributed by atoms with Crippen LogP contribution in [0.15, 0.2) is 6.20 Å². The van der Waals surface area contributed by atoms with Crippen LogP contribution < -0.4 is 5.32 Å². The number of hydrogen-bond donors (Lipinski definition) is 2. The predicted molar refractivity (Wildman–Crippen MR) is 79.0 cm³/mol. The summed E-state index contributed by atoms with van der Waals surface area (Å²) in [5, 5.41) is 12.7. The number of carbonyl (C=O) groups is 2. The fourth-order valence-electron chi connectivity index (χ4n) is 1.86. The van der Waals surface area contributed by atoms with Gasteiger partial charge in [-0.2, -0.15) is 0 Å². The number of thiazole rings is 1. The minimum atomic E-state index is -0.958. The van der Waals surface area contributed by atoms with Crippen LogP contribution in [0.2, 0.25) is 0 Å². The Morgan fingerprint density at radius 1 is 1.65 bits per heavy atom. The summed E-state index contributed by atoms with van der Waals surface area (Å²) < 4.78 is 0. The average Bonchev–Trinajstić information content (AvgIpc) is 3.07. The fourth-order valence-corrected chi connectivity index (χ4v) is 3.87. The molecule has 0 spiro atoms. The molecule has 2 rings (SSSR count). The number of carboxylic acids is 1. The van der Waals surface area contributed by atoms with Gasteiger partial charge in [0.1, 0.15) is 11.0 Å². The van der Waals surface area contributed by atoms with Crippen molar-refractivity contribution in [3.05, 3.63) is 16.1 Å². The molecule has 1 fully saturated rings. The van der Waals surface area contributed by atoms with Crippen molar-refractivity contribution >= 4 is 35.1 Å². The lowest BCUT2D eigenvalue weighted by Gasteiger charge is -2.22. The molecule has 1 saturated heterocycles. The molecule has 8 heteroatoms. The molecule has 1 aliphatic heterocycles. The highest BCUT2D eigenvalue weighted by Crippen LogP contribution is 2.23. The fraction of sp³-hybridized carbons (Fsp3) is 0.583. The third-order valence-corrected chi connectivity index (χ3v) is 5.40. The number of amides is 2. The number of nitrogens with zero attached hydrogens (tertiary/aromatic N) is 2. The number of rotatable bonds is 4. The molecule has 1 aromatic heterocycles. The van der Waals surface area contributed by atoms with E-state index in [1.54, 1.807) is 11.3 Å². The first-order chi connectivity index (χ1) is 9.52. The second-order valence-corrected chi connectivity index (χ2v) is 6.66. The molecule has 0 aliphatic carbocycles. The third-order valence-electron chi connectivity index (χ3n) is 3.06. The summed E-state index contributed by atoms with van der Waals surface area (Å²) in [6.45, 7) is 3.91. The molecule has 2 N–H and O–H groups in total. The number of carboxylic acid groups (broad SMARTS) is 1. The van der Waals surface area contributed by atoms with Gasteiger partial charge in [-0.15, -0.1) is 23.1 Å². The second-order valence-electron chi connectivity index (χ2n) is 4.51. The van der Waals surface area contributed by atoms with Gasteiger partial charge in [-0.25, -0.2) is 14.6 Å². The van der Waals surface area contributed by atoms with Crippen molar-refractivity contribution in [1.29, 1.82) is 0 Å². The lowest BCUT2D eigenvalue weighted by molar-refractivity contribution is -0.140. The van der Waals surface area contributed by atoms with Gasteiger partial charge in [0, 0.05) is 16.8 Å². The molecule has 6 nitrogen and oxygen atoms in total. The van der Waals surface area contributed by atoms with E-state index in [2.05, 4.69) is 17.2 Å². The van der Waals surface area contributed by atoms with Gasteiger partial charge < -0.3 is 15.3 Å². The zero-order valence-electron chi connectivity index (χ0n) is 11.3. The van der Waals surface area contributed by atoms with Crippen LogP contribution >= 0.6 is 23.1 Å². The highest BCUT2D eigenvalue weighted by molar-refractivity contribution is 7.99. The molecule has 0 aromatic carbocycles. The van der Waals surface area contributed by atoms with Gasteiger partial charge in [0.25, 0.3) is 0 Å². The third kappa shape index (κ3) is 3.24. The highest BCUT2D eigenvalue weighted by atomic mass is 32.2. The minimum Gasteiger partial charge on any atom is -0.480 e. The normalized spacial score (nSPS) is 19.9. The van der Waals surface area contributed by atoms with E-state index in [1.807, 2.05) is 13.1 Å². The van der Waals surface area contributed by atoms with E-state index in [0.29, 0.717) is 11.6 Å². The van der Waals surface area contributed by atoms with Crippen LogP contribution in [0.1, 0.15) is 29.8 Å². The van der Waals surface area contributed by atoms with Gasteiger partial charge in [-0.05, 0) is 13.3 Å². The van der Waals surface area contributed by atoms with Gasteiger partial charge in [-0.1, -0.05) is 6.92 Å². The lowest BCUT2D eigenvalue weighted by Crippen LogP contribution is -2.47. The highest BCUT2D eigenvalue weighted by Gasteiger charge is 2.35. The van der Waals surface area contributed by atoms with Crippen molar-refractivity contribution in [2.24, 2.45) is 0 Å². The van der Waals surface area contributed by atoms with Crippen LogP contribution in [0.5, 0.6) is 0 Å². The number of carbonyl (C=O) groups excluding carboxylic acids is 1. The number of aliphatic carboxylic acids is 1. The summed E-state index contributed by atoms with van der Waals surface area (Å²) in [5.74, 6) is -0.109. The van der Waals surface area contributed by atoms with Crippen molar-refractivity contribution in [3.63, 3.8) is 0 Å². The molecule has 1 aromatic rings. The van der Waals surface area contributed by atoms with E-state index >= 15 is 0 Å². The molecule has 0 bridgehead atoms. The first kappa shape index (κ1) is 15.1. The van der Waals surface area contributed by atoms with Crippen LogP contribution in [0.4, 0.5) is 4.79 Å². The zero-order valence-corrected chi connectivity index (χ0v) is 13.0. The van der Waals surface area contributed by atoms with E-state index in [9.17, 15) is 9.59 Å². The van der Waals surface area contributed by atoms with Gasteiger partial charge in [0.2, 0.25) is 0 Å². The molecule has 2 amide bonds. The van der Waals surface area contributed by atoms with Crippen molar-refractivity contribution in [1.82, 2.24) is 15.2 Å². The smallest absolute Gasteiger partial charge is 0.327 e. The van der Waals surface area contributed by atoms with Crippen molar-refractivity contribution in [2.75, 3.05) is 11.6 Å². The van der Waals surface area contributed by atoms with Gasteiger partial charge in [-0.3, -0.25) is 0 Å². The molecule has 110 valence electrons. The topological polar surface area (TPSA) is 82.5 Å². The number of thioether (sulfide) groups is 1. The van der Waals surface area contributed by atoms with E-state index in [-0.39, 0.29) is 12.1 Å². The van der Waals surface area contributed by atoms with Gasteiger partial charge in [0.05, 0.1) is 11.9 Å². The SMILES string of the molecule is CCc1cnc(C(C)NC(=O)N2CSCC2C(=O)O)s1. The molecule has 0 radical (unpaired) electrons. The maximum atomic E-state index is 12.1. The summed E-state index contributed by atoms with van der Waals surface area (Å²) in [5.41, 5.74) is 0. The van der Waals surface area contributed by atoms with Crippen LogP contribution in [0, 0.1) is 0 Å². The molecule has 2 heterocycles. The molecule has 2 unspecified atom stereocenters. The van der Waals surface area contributed by atoms with Crippen molar-refractivity contribution < 1.29 is 14.7 Å². The summed E-state index contributed by atoms with van der Waals surface area (Å²) in [6.07, 6.45) is 2.73. The quantitative estimate of drug-likeness (QED) is 0.887. The molecule has 0 saturated carbocycles. The van der Waals surface area contributed by atoms with Crippen molar-refractivity contribution in [3.8, 4) is 0 Å². The van der Waals surface area contributed by atoms with Gasteiger partial charge in [0.15, 0.2) is 0 Å². The number of aromatic nitrogens is 1. The maximum Gasteiger partial charge on any atom is 0.327 e. The first-order valence-electron chi connectivity index (χ1n) is 6.35. The maximum absolute atomic E-state index is 12.1. The Morgan fingerprint density at radius 3 is 3.00 bits per heavy atom. The Balaban J connectivity index is 1.98. The first-order valence-corrected chi connectivity index (χ1v) is 8.32. The Kier molecular flexibility index (Phi) is 4.87. The zero-order chi connectivity index (χ0) is 14.7. The standard InChI is InChI=1S/C12H17N3O3S2/c1-3-8-4-13-10(20-8)7(2)14-12(18)15-6-19-5-9(15)11(16)17/h4,7,9H,3,5-6H2,1-2H3,(H,14,18)(H,16,17). The molecule has 20 heavy (non-hydrogen) atoms. The van der Waals surface area contributed by atoms with Crippen molar-refractivity contribution in [2.45, 2.75) is 32.4 Å². The van der Waals surface area contributed by atoms with E-state index in [1.165, 1.54) is 21.5 Å². The Hall–Kier alpha value is -1.28. The predicted octanol–water partition coefficient (Wildman–Crippen LogP) is 1.94. The molecular formula is C12H17N3O3S2. The van der Waals surface area contributed by atoms with E-state index < -0.39 is 12.0 Å². The average molecular weight is 315 g/mol. The number of hydrogen-bond acceptors (Lipinski definition) is 5. The molecule has 2 atom stereocenters. The summed E-state index contributed by atoms with van der Waals surface area (Å²) in [7, 11) is 0. The number of urea groups is 1. The van der Waals surface area contributed by atoms with Crippen LogP contribution in [-0.2, 0) is 11.2 Å². The van der Waals surface area contributed by atoms with Gasteiger partial charge >= 0.3 is 12.0 Å². The van der Waals surface area contributed by atoms with Crippen LogP contribution in [-0.4, -0.2) is 44.7 Å². The lowest BCUT2D eigenvalue weighted by atomic mass is 10.3. The Morgan fingerprint density at radius 2 is 2.40 bits per heavy atom. The number of aryl methyl sites for hydroxylation is 1. The summed E-state index contributed by atoms with van der Waals surface area (Å²) >= 11 is 3.02. The Labute approximate surface area is 125 Å². The minimum absolute atomic E-state index is 0.215. The van der Waals surface area contributed by atoms with E-state index in [4.69, 9.17) is 5.11 Å². The molecule has 1 aliphatic rings. The monoisotopic (exact) mass is 315 g/mol.